The summed E-state index contributed by atoms with van der Waals surface area (Å²) in [5.41, 5.74) is 5.23. The van der Waals surface area contributed by atoms with Gasteiger partial charge in [-0.1, -0.05) is 25.1 Å². The number of aromatic nitrogens is 2. The van der Waals surface area contributed by atoms with Crippen LogP contribution in [0.4, 0.5) is 14.5 Å². The molecule has 5 nitrogen and oxygen atoms in total. The second-order valence-corrected chi connectivity index (χ2v) is 8.94. The molecule has 7 heteroatoms. The van der Waals surface area contributed by atoms with Gasteiger partial charge in [0.2, 0.25) is 0 Å². The maximum Gasteiger partial charge on any atom is 0.126 e. The van der Waals surface area contributed by atoms with Crippen molar-refractivity contribution in [2.24, 2.45) is 7.05 Å². The highest BCUT2D eigenvalue weighted by Gasteiger charge is 2.25. The van der Waals surface area contributed by atoms with Crippen LogP contribution in [-0.2, 0) is 26.3 Å². The van der Waals surface area contributed by atoms with Crippen LogP contribution in [0.15, 0.2) is 48.8 Å². The van der Waals surface area contributed by atoms with Crippen LogP contribution in [0.5, 0.6) is 0 Å². The smallest absolute Gasteiger partial charge is 0.126 e. The molecule has 3 aromatic rings. The van der Waals surface area contributed by atoms with Crippen molar-refractivity contribution in [2.75, 3.05) is 11.9 Å². The lowest BCUT2D eigenvalue weighted by molar-refractivity contribution is 0.143. The summed E-state index contributed by atoms with van der Waals surface area (Å²) in [7, 11) is 1.81. The van der Waals surface area contributed by atoms with Crippen molar-refractivity contribution in [3.05, 3.63) is 82.7 Å². The van der Waals surface area contributed by atoms with Gasteiger partial charge in [0.1, 0.15) is 11.6 Å². The second-order valence-electron chi connectivity index (χ2n) is 8.94. The van der Waals surface area contributed by atoms with Crippen molar-refractivity contribution < 1.29 is 13.9 Å². The van der Waals surface area contributed by atoms with E-state index < -0.39 is 23.8 Å². The van der Waals surface area contributed by atoms with E-state index in [1.807, 2.05) is 13.2 Å². The molecular formula is C26H32F2N4O. The number of anilines is 1. The third-order valence-corrected chi connectivity index (χ3v) is 6.41. The first-order valence-corrected chi connectivity index (χ1v) is 11.6. The molecule has 0 amide bonds. The van der Waals surface area contributed by atoms with E-state index in [9.17, 15) is 13.9 Å². The summed E-state index contributed by atoms with van der Waals surface area (Å²) >= 11 is 0. The van der Waals surface area contributed by atoms with E-state index in [0.717, 1.165) is 37.4 Å². The van der Waals surface area contributed by atoms with Crippen LogP contribution in [-0.4, -0.2) is 33.6 Å². The molecule has 0 unspecified atom stereocenters. The van der Waals surface area contributed by atoms with E-state index in [-0.39, 0.29) is 12.5 Å². The summed E-state index contributed by atoms with van der Waals surface area (Å²) in [6, 6.07) is 9.91. The van der Waals surface area contributed by atoms with Crippen molar-refractivity contribution >= 4 is 5.69 Å². The third-order valence-electron chi connectivity index (χ3n) is 6.41. The topological polar surface area (TPSA) is 62.1 Å². The number of benzene rings is 2. The maximum absolute atomic E-state index is 13.8. The Balaban J connectivity index is 1.49. The Morgan fingerprint density at radius 1 is 1.15 bits per heavy atom. The van der Waals surface area contributed by atoms with Crippen molar-refractivity contribution in [1.82, 2.24) is 15.1 Å². The molecule has 33 heavy (non-hydrogen) atoms. The highest BCUT2D eigenvalue weighted by molar-refractivity contribution is 5.40. The number of nitrogens with zero attached hydrogens (tertiary/aromatic N) is 2. The van der Waals surface area contributed by atoms with E-state index in [1.165, 1.54) is 28.8 Å². The summed E-state index contributed by atoms with van der Waals surface area (Å²) in [5, 5.41) is 22.1. The van der Waals surface area contributed by atoms with Gasteiger partial charge in [-0.2, -0.15) is 5.10 Å². The molecule has 0 fully saturated rings. The number of rotatable bonds is 9. The Hall–Kier alpha value is -2.77. The molecule has 2 aromatic carbocycles. The summed E-state index contributed by atoms with van der Waals surface area (Å²) in [4.78, 5) is 0. The number of aliphatic hydroxyl groups is 1. The van der Waals surface area contributed by atoms with E-state index >= 15 is 0 Å². The molecule has 0 saturated heterocycles. The summed E-state index contributed by atoms with van der Waals surface area (Å²) in [6.45, 7) is 2.51. The van der Waals surface area contributed by atoms with E-state index in [2.05, 4.69) is 40.9 Å². The van der Waals surface area contributed by atoms with E-state index in [1.54, 1.807) is 10.9 Å². The largest absolute Gasteiger partial charge is 0.390 e. The maximum atomic E-state index is 13.8. The van der Waals surface area contributed by atoms with Crippen LogP contribution in [0.2, 0.25) is 0 Å². The van der Waals surface area contributed by atoms with Gasteiger partial charge in [0.15, 0.2) is 0 Å². The van der Waals surface area contributed by atoms with E-state index in [0.29, 0.717) is 12.1 Å². The number of fused-ring (bicyclic) bond motifs is 1. The van der Waals surface area contributed by atoms with Crippen molar-refractivity contribution in [3.63, 3.8) is 0 Å². The Morgan fingerprint density at radius 3 is 2.64 bits per heavy atom. The SMILES string of the molecule is CCc1ccc2c(c1)[C@@H](NC[C@@H](O)[C@H](Cc1cc(F)cc(F)c1)Nc1cnn(C)c1)CCC2. The minimum absolute atomic E-state index is 0.181. The highest BCUT2D eigenvalue weighted by atomic mass is 19.1. The molecule has 1 aliphatic rings. The van der Waals surface area contributed by atoms with Crippen molar-refractivity contribution in [3.8, 4) is 0 Å². The minimum atomic E-state index is -0.781. The number of hydrogen-bond donors (Lipinski definition) is 3. The molecule has 0 bridgehead atoms. The van der Waals surface area contributed by atoms with E-state index in [4.69, 9.17) is 0 Å². The van der Waals surface area contributed by atoms with Gasteiger partial charge < -0.3 is 15.7 Å². The molecular weight excluding hydrogens is 422 g/mol. The Morgan fingerprint density at radius 2 is 1.94 bits per heavy atom. The minimum Gasteiger partial charge on any atom is -0.390 e. The molecule has 0 saturated carbocycles. The molecule has 0 aliphatic heterocycles. The highest BCUT2D eigenvalue weighted by Crippen LogP contribution is 2.31. The van der Waals surface area contributed by atoms with Crippen molar-refractivity contribution in [2.45, 2.75) is 57.2 Å². The lowest BCUT2D eigenvalue weighted by atomic mass is 9.86. The van der Waals surface area contributed by atoms with Gasteiger partial charge in [0, 0.05) is 31.9 Å². The van der Waals surface area contributed by atoms with Crippen LogP contribution in [0.25, 0.3) is 0 Å². The number of nitrogens with one attached hydrogen (secondary N) is 2. The molecule has 3 atom stereocenters. The van der Waals surface area contributed by atoms with Gasteiger partial charge in [-0.3, -0.25) is 4.68 Å². The third kappa shape index (κ3) is 5.97. The normalized spacial score (nSPS) is 17.4. The first-order valence-electron chi connectivity index (χ1n) is 11.6. The fourth-order valence-corrected chi connectivity index (χ4v) is 4.66. The monoisotopic (exact) mass is 454 g/mol. The Kier molecular flexibility index (Phi) is 7.40. The standard InChI is InChI=1S/C26H32F2N4O/c1-3-17-7-8-19-5-4-6-24(23(19)11-17)29-15-26(33)25(31-22-14-30-32(2)16-22)12-18-9-20(27)13-21(28)10-18/h7-11,13-14,16,24-26,29,31,33H,3-6,12,15H2,1-2H3/t24-,25-,26+/m0/s1. The lowest BCUT2D eigenvalue weighted by Crippen LogP contribution is -2.43. The van der Waals surface area contributed by atoms with Gasteiger partial charge in [-0.15, -0.1) is 0 Å². The van der Waals surface area contributed by atoms with Crippen LogP contribution in [0, 0.1) is 11.6 Å². The first kappa shape index (κ1) is 23.4. The average Bonchev–Trinajstić information content (AvgIpc) is 3.20. The summed E-state index contributed by atoms with van der Waals surface area (Å²) in [6.07, 6.45) is 7.16. The first-order chi connectivity index (χ1) is 15.9. The molecule has 1 aromatic heterocycles. The van der Waals surface area contributed by atoms with Gasteiger partial charge in [0.05, 0.1) is 24.0 Å². The molecule has 0 spiro atoms. The van der Waals surface area contributed by atoms with Gasteiger partial charge in [-0.25, -0.2) is 8.78 Å². The zero-order valence-corrected chi connectivity index (χ0v) is 19.2. The number of halogens is 2. The predicted octanol–water partition coefficient (Wildman–Crippen LogP) is 4.31. The number of aliphatic hydroxyl groups excluding tert-OH is 1. The molecule has 3 N–H and O–H groups in total. The van der Waals surface area contributed by atoms with Gasteiger partial charge in [-0.05, 0) is 66.5 Å². The lowest BCUT2D eigenvalue weighted by Gasteiger charge is -2.30. The zero-order chi connectivity index (χ0) is 23.4. The Labute approximate surface area is 193 Å². The van der Waals surface area contributed by atoms with Crippen LogP contribution >= 0.6 is 0 Å². The van der Waals surface area contributed by atoms with Crippen LogP contribution in [0.1, 0.15) is 48.1 Å². The molecule has 1 aliphatic carbocycles. The van der Waals surface area contributed by atoms with Gasteiger partial charge >= 0.3 is 0 Å². The fraction of sp³-hybridized carbons (Fsp3) is 0.423. The van der Waals surface area contributed by atoms with Crippen LogP contribution in [0.3, 0.4) is 0 Å². The Bertz CT molecular complexity index is 1060. The fourth-order valence-electron chi connectivity index (χ4n) is 4.66. The molecule has 176 valence electrons. The predicted molar refractivity (Wildman–Crippen MR) is 126 cm³/mol. The van der Waals surface area contributed by atoms with Gasteiger partial charge in [0.25, 0.3) is 0 Å². The average molecular weight is 455 g/mol. The zero-order valence-electron chi connectivity index (χ0n) is 19.2. The molecule has 4 rings (SSSR count). The second kappa shape index (κ2) is 10.4. The molecule has 0 radical (unpaired) electrons. The van der Waals surface area contributed by atoms with Crippen molar-refractivity contribution in [1.29, 1.82) is 0 Å². The van der Waals surface area contributed by atoms with Crippen LogP contribution < -0.4 is 10.6 Å². The molecule has 1 heterocycles. The number of aryl methyl sites for hydroxylation is 3. The summed E-state index contributed by atoms with van der Waals surface area (Å²) in [5.74, 6) is -1.24. The number of hydrogen-bond acceptors (Lipinski definition) is 4. The quantitative estimate of drug-likeness (QED) is 0.451. The summed E-state index contributed by atoms with van der Waals surface area (Å²) < 4.78 is 29.2.